The zero-order valence-electron chi connectivity index (χ0n) is 16.8. The Labute approximate surface area is 175 Å². The van der Waals surface area contributed by atoms with E-state index in [0.29, 0.717) is 37.6 Å². The van der Waals surface area contributed by atoms with E-state index in [-0.39, 0.29) is 6.09 Å². The maximum Gasteiger partial charge on any atom is 0.488 e. The summed E-state index contributed by atoms with van der Waals surface area (Å²) in [5.41, 5.74) is -0.0465. The van der Waals surface area contributed by atoms with E-state index in [9.17, 15) is 4.79 Å². The first-order valence-corrected chi connectivity index (χ1v) is 10.2. The molecular formula is C19H25BN4O4S. The molecule has 154 valence electrons. The van der Waals surface area contributed by atoms with Gasteiger partial charge in [0.15, 0.2) is 0 Å². The summed E-state index contributed by atoms with van der Waals surface area (Å²) in [4.78, 5) is 26.7. The summed E-state index contributed by atoms with van der Waals surface area (Å²) >= 11 is 1.50. The Balaban J connectivity index is 1.54. The molecule has 0 saturated carbocycles. The van der Waals surface area contributed by atoms with Gasteiger partial charge in [0.2, 0.25) is 5.95 Å². The molecule has 8 nitrogen and oxygen atoms in total. The van der Waals surface area contributed by atoms with Crippen LogP contribution in [0, 0.1) is 0 Å². The summed E-state index contributed by atoms with van der Waals surface area (Å²) in [5, 5.41) is 18.3. The highest BCUT2D eigenvalue weighted by Crippen LogP contribution is 2.26. The van der Waals surface area contributed by atoms with Crippen molar-refractivity contribution in [2.75, 3.05) is 31.1 Å². The van der Waals surface area contributed by atoms with Crippen molar-refractivity contribution in [3.8, 4) is 0 Å². The molecule has 1 saturated heterocycles. The molecule has 29 heavy (non-hydrogen) atoms. The second-order valence-corrected chi connectivity index (χ2v) is 8.86. The number of anilines is 1. The Morgan fingerprint density at radius 2 is 1.62 bits per heavy atom. The highest BCUT2D eigenvalue weighted by molar-refractivity contribution is 7.99. The second-order valence-electron chi connectivity index (χ2n) is 7.72. The fourth-order valence-corrected chi connectivity index (χ4v) is 3.54. The third kappa shape index (κ3) is 6.09. The first-order valence-electron chi connectivity index (χ1n) is 9.40. The van der Waals surface area contributed by atoms with Gasteiger partial charge in [-0.15, -0.1) is 0 Å². The third-order valence-electron chi connectivity index (χ3n) is 4.24. The van der Waals surface area contributed by atoms with Crippen LogP contribution in [0.3, 0.4) is 0 Å². The van der Waals surface area contributed by atoms with Crippen LogP contribution in [0.15, 0.2) is 46.5 Å². The monoisotopic (exact) mass is 416 g/mol. The van der Waals surface area contributed by atoms with Crippen LogP contribution < -0.4 is 10.4 Å². The third-order valence-corrected chi connectivity index (χ3v) is 5.20. The van der Waals surface area contributed by atoms with E-state index < -0.39 is 12.7 Å². The van der Waals surface area contributed by atoms with Crippen molar-refractivity contribution in [3.05, 3.63) is 36.7 Å². The topological polar surface area (TPSA) is 99.0 Å². The molecule has 2 heterocycles. The van der Waals surface area contributed by atoms with E-state index >= 15 is 0 Å². The standard InChI is InChI=1S/C19H25BN4O4S/c1-19(2,3)28-18(25)24-10-8-23(9-11-24)17-21-12-16(13-22-17)29-15-6-4-14(5-7-15)20(26)27/h4-7,12-13,26-27H,8-11H2,1-3H3. The quantitative estimate of drug-likeness (QED) is 0.722. The van der Waals surface area contributed by atoms with Gasteiger partial charge in [0, 0.05) is 48.4 Å². The lowest BCUT2D eigenvalue weighted by Crippen LogP contribution is -2.50. The zero-order chi connectivity index (χ0) is 21.0. The zero-order valence-corrected chi connectivity index (χ0v) is 17.6. The lowest BCUT2D eigenvalue weighted by Gasteiger charge is -2.35. The van der Waals surface area contributed by atoms with Gasteiger partial charge in [-0.2, -0.15) is 0 Å². The molecule has 1 aliphatic rings. The van der Waals surface area contributed by atoms with Crippen molar-refractivity contribution in [2.45, 2.75) is 36.2 Å². The molecule has 1 aliphatic heterocycles. The predicted octanol–water partition coefficient (Wildman–Crippen LogP) is 1.36. The molecule has 0 spiro atoms. The molecule has 0 unspecified atom stereocenters. The SMILES string of the molecule is CC(C)(C)OC(=O)N1CCN(c2ncc(Sc3ccc(B(O)O)cc3)cn2)CC1. The van der Waals surface area contributed by atoms with Crippen LogP contribution in [-0.2, 0) is 4.74 Å². The number of amides is 1. The van der Waals surface area contributed by atoms with Gasteiger partial charge in [-0.3, -0.25) is 0 Å². The van der Waals surface area contributed by atoms with Gasteiger partial charge in [-0.1, -0.05) is 23.9 Å². The lowest BCUT2D eigenvalue weighted by molar-refractivity contribution is 0.0240. The van der Waals surface area contributed by atoms with Gasteiger partial charge in [-0.05, 0) is 38.4 Å². The Kier molecular flexibility index (Phi) is 6.66. The van der Waals surface area contributed by atoms with Gasteiger partial charge in [0.05, 0.1) is 0 Å². The van der Waals surface area contributed by atoms with Crippen molar-refractivity contribution < 1.29 is 19.6 Å². The first-order chi connectivity index (χ1) is 13.7. The number of aromatic nitrogens is 2. The van der Waals surface area contributed by atoms with E-state index in [4.69, 9.17) is 14.8 Å². The Hall–Kier alpha value is -2.30. The average Bonchev–Trinajstić information content (AvgIpc) is 2.68. The molecule has 1 aromatic carbocycles. The predicted molar refractivity (Wildman–Crippen MR) is 112 cm³/mol. The lowest BCUT2D eigenvalue weighted by atomic mass is 9.81. The molecule has 1 amide bonds. The number of carbonyl (C=O) groups excluding carboxylic acids is 1. The number of ether oxygens (including phenoxy) is 1. The molecule has 1 aromatic heterocycles. The molecule has 0 atom stereocenters. The van der Waals surface area contributed by atoms with Crippen LogP contribution in [0.25, 0.3) is 0 Å². The normalized spacial score (nSPS) is 14.7. The van der Waals surface area contributed by atoms with Crippen molar-refractivity contribution in [1.82, 2.24) is 14.9 Å². The van der Waals surface area contributed by atoms with Crippen LogP contribution in [-0.4, -0.2) is 69.9 Å². The summed E-state index contributed by atoms with van der Waals surface area (Å²) in [6.07, 6.45) is 3.24. The van der Waals surface area contributed by atoms with Crippen LogP contribution in [0.5, 0.6) is 0 Å². The minimum atomic E-state index is -1.47. The minimum absolute atomic E-state index is 0.287. The summed E-state index contributed by atoms with van der Waals surface area (Å²) in [5.74, 6) is 0.636. The Morgan fingerprint density at radius 1 is 1.03 bits per heavy atom. The van der Waals surface area contributed by atoms with Crippen LogP contribution in [0.1, 0.15) is 20.8 Å². The van der Waals surface area contributed by atoms with E-state index in [0.717, 1.165) is 9.79 Å². The number of hydrogen-bond acceptors (Lipinski definition) is 8. The average molecular weight is 416 g/mol. The molecular weight excluding hydrogens is 391 g/mol. The van der Waals surface area contributed by atoms with E-state index in [1.54, 1.807) is 29.4 Å². The number of benzene rings is 1. The molecule has 2 aromatic rings. The van der Waals surface area contributed by atoms with Crippen LogP contribution in [0.2, 0.25) is 0 Å². The van der Waals surface area contributed by atoms with Crippen LogP contribution in [0.4, 0.5) is 10.7 Å². The van der Waals surface area contributed by atoms with Crippen molar-refractivity contribution in [1.29, 1.82) is 0 Å². The highest BCUT2D eigenvalue weighted by atomic mass is 32.2. The van der Waals surface area contributed by atoms with E-state index in [1.807, 2.05) is 37.8 Å². The van der Waals surface area contributed by atoms with E-state index in [1.165, 1.54) is 11.8 Å². The maximum atomic E-state index is 12.2. The number of rotatable bonds is 4. The largest absolute Gasteiger partial charge is 0.488 e. The maximum absolute atomic E-state index is 12.2. The van der Waals surface area contributed by atoms with E-state index in [2.05, 4.69) is 9.97 Å². The van der Waals surface area contributed by atoms with Gasteiger partial charge in [0.25, 0.3) is 0 Å². The molecule has 10 heteroatoms. The molecule has 2 N–H and O–H groups in total. The molecule has 0 bridgehead atoms. The second kappa shape index (κ2) is 9.02. The van der Waals surface area contributed by atoms with Gasteiger partial charge < -0.3 is 24.6 Å². The van der Waals surface area contributed by atoms with Crippen molar-refractivity contribution in [2.24, 2.45) is 0 Å². The number of hydrogen-bond donors (Lipinski definition) is 2. The molecule has 1 fully saturated rings. The summed E-state index contributed by atoms with van der Waals surface area (Å²) in [7, 11) is -1.47. The number of nitrogens with zero attached hydrogens (tertiary/aromatic N) is 4. The Morgan fingerprint density at radius 3 is 2.14 bits per heavy atom. The fraction of sp³-hybridized carbons (Fsp3) is 0.421. The van der Waals surface area contributed by atoms with Crippen LogP contribution >= 0.6 is 11.8 Å². The molecule has 0 radical (unpaired) electrons. The minimum Gasteiger partial charge on any atom is -0.444 e. The van der Waals surface area contributed by atoms with Gasteiger partial charge in [0.1, 0.15) is 5.60 Å². The molecule has 0 aliphatic carbocycles. The van der Waals surface area contributed by atoms with Crippen molar-refractivity contribution in [3.63, 3.8) is 0 Å². The number of carbonyl (C=O) groups is 1. The highest BCUT2D eigenvalue weighted by Gasteiger charge is 2.26. The summed E-state index contributed by atoms with van der Waals surface area (Å²) < 4.78 is 5.42. The number of piperazine rings is 1. The molecule has 3 rings (SSSR count). The summed E-state index contributed by atoms with van der Waals surface area (Å²) in [6, 6.07) is 6.99. The fourth-order valence-electron chi connectivity index (χ4n) is 2.78. The van der Waals surface area contributed by atoms with Gasteiger partial charge in [-0.25, -0.2) is 14.8 Å². The van der Waals surface area contributed by atoms with Gasteiger partial charge >= 0.3 is 13.2 Å². The first kappa shape index (κ1) is 21.4. The summed E-state index contributed by atoms with van der Waals surface area (Å²) in [6.45, 7) is 8.01. The smallest absolute Gasteiger partial charge is 0.444 e. The Bertz CT molecular complexity index is 820. The van der Waals surface area contributed by atoms with Crippen molar-refractivity contribution >= 4 is 36.4 Å².